The number of piperazine rings is 1. The summed E-state index contributed by atoms with van der Waals surface area (Å²) in [7, 11) is 2.16. The van der Waals surface area contributed by atoms with Crippen molar-refractivity contribution in [2.45, 2.75) is 12.8 Å². The van der Waals surface area contributed by atoms with Crippen molar-refractivity contribution in [2.24, 2.45) is 23.7 Å². The van der Waals surface area contributed by atoms with Gasteiger partial charge in [0, 0.05) is 5.92 Å². The Hall–Kier alpha value is -1.03. The van der Waals surface area contributed by atoms with E-state index >= 15 is 0 Å². The van der Waals surface area contributed by atoms with Gasteiger partial charge in [0.25, 0.3) is 0 Å². The highest BCUT2D eigenvalue weighted by Crippen LogP contribution is 2.60. The Morgan fingerprint density at radius 3 is 2.28 bits per heavy atom. The van der Waals surface area contributed by atoms with Crippen molar-refractivity contribution in [3.05, 3.63) is 12.3 Å². The molecule has 2 aliphatic carbocycles. The lowest BCUT2D eigenvalue weighted by Crippen LogP contribution is -3.12. The summed E-state index contributed by atoms with van der Waals surface area (Å²) in [5.74, 6) is 1.07. The van der Waals surface area contributed by atoms with Crippen molar-refractivity contribution in [3.63, 3.8) is 0 Å². The molecule has 18 heavy (non-hydrogen) atoms. The summed E-state index contributed by atoms with van der Waals surface area (Å²) < 4.78 is 0. The van der Waals surface area contributed by atoms with E-state index in [0.29, 0.717) is 11.8 Å². The molecule has 0 spiro atoms. The van der Waals surface area contributed by atoms with Crippen molar-refractivity contribution < 1.29 is 14.8 Å². The Morgan fingerprint density at radius 2 is 1.78 bits per heavy atom. The van der Waals surface area contributed by atoms with Crippen LogP contribution in [0.15, 0.2) is 12.3 Å². The highest BCUT2D eigenvalue weighted by Gasteiger charge is 2.58. The summed E-state index contributed by atoms with van der Waals surface area (Å²) in [4.78, 5) is 16.0. The van der Waals surface area contributed by atoms with Crippen molar-refractivity contribution >= 4 is 5.91 Å². The predicted octanol–water partition coefficient (Wildman–Crippen LogP) is -1.51. The largest absolute Gasteiger partial charge is 0.876 e. The van der Waals surface area contributed by atoms with Crippen LogP contribution in [-0.2, 0) is 4.79 Å². The maximum Gasteiger partial charge on any atom is 0.226 e. The van der Waals surface area contributed by atoms with Crippen LogP contribution in [0.2, 0.25) is 0 Å². The maximum atomic E-state index is 12.5. The number of quaternary nitrogens is 1. The van der Waals surface area contributed by atoms with Gasteiger partial charge < -0.3 is 14.9 Å². The van der Waals surface area contributed by atoms with E-state index in [9.17, 15) is 9.90 Å². The topological polar surface area (TPSA) is 47.8 Å². The molecule has 0 aromatic heterocycles. The lowest BCUT2D eigenvalue weighted by molar-refractivity contribution is -0.883. The molecule has 1 N–H and O–H groups in total. The van der Waals surface area contributed by atoms with Crippen molar-refractivity contribution in [1.29, 1.82) is 0 Å². The van der Waals surface area contributed by atoms with Crippen LogP contribution in [0.3, 0.4) is 0 Å². The molecule has 1 amide bonds. The Morgan fingerprint density at radius 1 is 1.22 bits per heavy atom. The highest BCUT2D eigenvalue weighted by atomic mass is 16.3. The number of fused-ring (bicyclic) bond motifs is 1. The summed E-state index contributed by atoms with van der Waals surface area (Å²) in [5, 5.41) is 11.6. The standard InChI is InChI=1S/C14H22N2O2/c1-9(17)12-10-3-4-11(10)13(12)14(18)16-7-5-15(2)6-8-16/h10-13,17H,1,3-8H2,2H3/t10-,11?,12?,13?/m0/s1. The van der Waals surface area contributed by atoms with Crippen LogP contribution in [-0.4, -0.2) is 44.0 Å². The number of carbonyl (C=O) groups is 1. The van der Waals surface area contributed by atoms with Crippen LogP contribution in [0.5, 0.6) is 0 Å². The van der Waals surface area contributed by atoms with Gasteiger partial charge in [-0.15, -0.1) is 12.3 Å². The lowest BCUT2D eigenvalue weighted by Gasteiger charge is -2.61. The molecule has 4 nitrogen and oxygen atoms in total. The maximum absolute atomic E-state index is 12.5. The zero-order valence-corrected chi connectivity index (χ0v) is 11.0. The Kier molecular flexibility index (Phi) is 2.85. The molecular weight excluding hydrogens is 228 g/mol. The van der Waals surface area contributed by atoms with Gasteiger partial charge in [-0.05, 0) is 30.6 Å². The summed E-state index contributed by atoms with van der Waals surface area (Å²) in [6.45, 7) is 7.29. The van der Waals surface area contributed by atoms with E-state index in [-0.39, 0.29) is 23.5 Å². The Balaban J connectivity index is 1.67. The molecule has 0 radical (unpaired) electrons. The third kappa shape index (κ3) is 1.66. The van der Waals surface area contributed by atoms with Crippen molar-refractivity contribution in [2.75, 3.05) is 33.2 Å². The van der Waals surface area contributed by atoms with E-state index in [1.54, 1.807) is 0 Å². The number of rotatable bonds is 2. The minimum atomic E-state index is -0.0664. The zero-order valence-electron chi connectivity index (χ0n) is 11.0. The Bertz CT molecular complexity index is 374. The highest BCUT2D eigenvalue weighted by molar-refractivity contribution is 5.81. The number of nitrogens with zero attached hydrogens (tertiary/aromatic N) is 1. The molecule has 4 heteroatoms. The minimum absolute atomic E-state index is 0.0194. The third-order valence-electron chi connectivity index (χ3n) is 5.28. The summed E-state index contributed by atoms with van der Waals surface area (Å²) in [6.07, 6.45) is 2.25. The molecular formula is C14H22N2O2. The van der Waals surface area contributed by atoms with Crippen molar-refractivity contribution in [1.82, 2.24) is 4.90 Å². The summed E-state index contributed by atoms with van der Waals surface area (Å²) in [5.41, 5.74) is 0. The zero-order chi connectivity index (χ0) is 12.9. The van der Waals surface area contributed by atoms with E-state index in [2.05, 4.69) is 13.6 Å². The van der Waals surface area contributed by atoms with Gasteiger partial charge >= 0.3 is 0 Å². The number of nitrogens with one attached hydrogen (secondary N) is 1. The van der Waals surface area contributed by atoms with E-state index in [1.807, 2.05) is 4.90 Å². The molecule has 3 unspecified atom stereocenters. The van der Waals surface area contributed by atoms with E-state index < -0.39 is 0 Å². The fourth-order valence-electron chi connectivity index (χ4n) is 3.93. The molecule has 3 aliphatic rings. The second-order valence-electron chi connectivity index (χ2n) is 6.21. The van der Waals surface area contributed by atoms with Gasteiger partial charge in [-0.2, -0.15) is 0 Å². The fourth-order valence-corrected chi connectivity index (χ4v) is 3.93. The molecule has 2 saturated carbocycles. The Labute approximate surface area is 108 Å². The van der Waals surface area contributed by atoms with E-state index in [1.165, 1.54) is 4.90 Å². The summed E-state index contributed by atoms with van der Waals surface area (Å²) in [6, 6.07) is 0. The molecule has 3 rings (SSSR count). The van der Waals surface area contributed by atoms with Crippen LogP contribution < -0.4 is 10.0 Å². The van der Waals surface area contributed by atoms with Gasteiger partial charge in [0.1, 0.15) is 0 Å². The monoisotopic (exact) mass is 250 g/mol. The number of allylic oxidation sites excluding steroid dienone is 1. The number of likely N-dealkylation sites (N-methyl/N-ethyl adjacent to an activating group) is 1. The predicted molar refractivity (Wildman–Crippen MR) is 65.5 cm³/mol. The lowest BCUT2D eigenvalue weighted by atomic mass is 9.46. The molecule has 4 atom stereocenters. The van der Waals surface area contributed by atoms with Gasteiger partial charge in [-0.1, -0.05) is 0 Å². The van der Waals surface area contributed by atoms with Gasteiger partial charge in [0.15, 0.2) is 0 Å². The van der Waals surface area contributed by atoms with Crippen LogP contribution >= 0.6 is 0 Å². The van der Waals surface area contributed by atoms with Gasteiger partial charge in [-0.25, -0.2) is 0 Å². The van der Waals surface area contributed by atoms with Crippen LogP contribution in [0.25, 0.3) is 0 Å². The van der Waals surface area contributed by atoms with Gasteiger partial charge in [-0.3, -0.25) is 4.79 Å². The number of carbonyl (C=O) groups excluding carboxylic acids is 1. The molecule has 1 saturated heterocycles. The second-order valence-corrected chi connectivity index (χ2v) is 6.21. The molecule has 0 aromatic rings. The van der Waals surface area contributed by atoms with E-state index in [0.717, 1.165) is 39.0 Å². The first kappa shape index (κ1) is 12.0. The molecule has 3 fully saturated rings. The molecule has 0 aromatic carbocycles. The second kappa shape index (κ2) is 4.26. The van der Waals surface area contributed by atoms with Gasteiger partial charge in [0.2, 0.25) is 5.91 Å². The first-order chi connectivity index (χ1) is 8.59. The molecule has 100 valence electrons. The minimum Gasteiger partial charge on any atom is -0.876 e. The fraction of sp³-hybridized carbons (Fsp3) is 0.786. The van der Waals surface area contributed by atoms with Crippen LogP contribution in [0.1, 0.15) is 12.8 Å². The van der Waals surface area contributed by atoms with Crippen LogP contribution in [0.4, 0.5) is 0 Å². The normalized spacial score (nSPS) is 39.5. The smallest absolute Gasteiger partial charge is 0.226 e. The molecule has 1 heterocycles. The number of hydrogen-bond acceptors (Lipinski definition) is 2. The summed E-state index contributed by atoms with van der Waals surface area (Å²) >= 11 is 0. The average molecular weight is 250 g/mol. The third-order valence-corrected chi connectivity index (χ3v) is 5.28. The number of amides is 1. The van der Waals surface area contributed by atoms with Gasteiger partial charge in [0.05, 0.1) is 33.2 Å². The first-order valence-corrected chi connectivity index (χ1v) is 7.05. The first-order valence-electron chi connectivity index (χ1n) is 7.05. The van der Waals surface area contributed by atoms with Crippen molar-refractivity contribution in [3.8, 4) is 0 Å². The SMILES string of the molecule is C=C([O-])C1C(C(=O)N2CC[NH+](C)CC2)C2CC[C@@H]21. The molecule has 0 bridgehead atoms. The van der Waals surface area contributed by atoms with E-state index in [4.69, 9.17) is 0 Å². The van der Waals surface area contributed by atoms with Crippen LogP contribution in [0, 0.1) is 23.7 Å². The average Bonchev–Trinajstić information content (AvgIpc) is 2.31. The quantitative estimate of drug-likeness (QED) is 0.606. The molecule has 1 aliphatic heterocycles. The number of hydrogen-bond donors (Lipinski definition) is 1.